The number of allylic oxidation sites excluding steroid dienone is 2. The highest BCUT2D eigenvalue weighted by Crippen LogP contribution is 2.21. The molecule has 0 aliphatic carbocycles. The van der Waals surface area contributed by atoms with Crippen LogP contribution in [0.3, 0.4) is 0 Å². The Balaban J connectivity index is 2.07. The van der Waals surface area contributed by atoms with Gasteiger partial charge in [0.25, 0.3) is 0 Å². The molecule has 0 aromatic heterocycles. The summed E-state index contributed by atoms with van der Waals surface area (Å²) in [7, 11) is 0. The van der Waals surface area contributed by atoms with Gasteiger partial charge in [0.2, 0.25) is 0 Å². The Morgan fingerprint density at radius 2 is 1.90 bits per heavy atom. The molecule has 0 unspecified atom stereocenters. The predicted octanol–water partition coefficient (Wildman–Crippen LogP) is 4.91. The van der Waals surface area contributed by atoms with E-state index in [-0.39, 0.29) is 0 Å². The molecule has 0 saturated carbocycles. The van der Waals surface area contributed by atoms with Gasteiger partial charge in [-0.1, -0.05) is 42.5 Å². The molecule has 0 bridgehead atoms. The van der Waals surface area contributed by atoms with Gasteiger partial charge in [-0.2, -0.15) is 0 Å². The smallest absolute Gasteiger partial charge is 0.120 e. The summed E-state index contributed by atoms with van der Waals surface area (Å²) in [4.78, 5) is 0. The summed E-state index contributed by atoms with van der Waals surface area (Å²) in [5.41, 5.74) is 3.62. The lowest BCUT2D eigenvalue weighted by atomic mass is 10.00. The maximum atomic E-state index is 5.85. The highest BCUT2D eigenvalue weighted by Gasteiger charge is 2.04. The number of benzene rings is 2. The molecule has 107 valence electrons. The normalized spacial score (nSPS) is 10.1. The van der Waals surface area contributed by atoms with E-state index < -0.39 is 0 Å². The first-order valence-electron chi connectivity index (χ1n) is 7.25. The van der Waals surface area contributed by atoms with E-state index in [9.17, 15) is 0 Å². The van der Waals surface area contributed by atoms with Crippen LogP contribution in [-0.4, -0.2) is 0 Å². The summed E-state index contributed by atoms with van der Waals surface area (Å²) in [6, 6.07) is 17.5. The zero-order valence-electron chi connectivity index (χ0n) is 12.3. The lowest BCUT2D eigenvalue weighted by Gasteiger charge is -2.11. The highest BCUT2D eigenvalue weighted by atomic mass is 16.5. The fourth-order valence-electron chi connectivity index (χ4n) is 2.19. The molecule has 1 nitrogen and oxygen atoms in total. The molecule has 2 rings (SSSR count). The monoisotopic (exact) mass is 277 g/mol. The number of rotatable bonds is 8. The molecule has 0 spiro atoms. The van der Waals surface area contributed by atoms with E-state index in [4.69, 9.17) is 4.74 Å². The molecule has 21 heavy (non-hydrogen) atoms. The topological polar surface area (TPSA) is 9.23 Å². The van der Waals surface area contributed by atoms with Gasteiger partial charge in [0, 0.05) is 0 Å². The lowest BCUT2D eigenvalue weighted by molar-refractivity contribution is 0.306. The van der Waals surface area contributed by atoms with Gasteiger partial charge in [0.05, 0.1) is 0 Å². The molecule has 0 aliphatic heterocycles. The van der Waals surface area contributed by atoms with Crippen LogP contribution in [0.2, 0.25) is 0 Å². The second kappa shape index (κ2) is 8.11. The number of hydrogen-bond donors (Lipinski definition) is 0. The third-order valence-electron chi connectivity index (χ3n) is 3.30. The maximum Gasteiger partial charge on any atom is 0.120 e. The van der Waals surface area contributed by atoms with Crippen molar-refractivity contribution in [3.05, 3.63) is 90.5 Å². The van der Waals surface area contributed by atoms with Gasteiger partial charge < -0.3 is 4.74 Å². The quantitative estimate of drug-likeness (QED) is 0.623. The van der Waals surface area contributed by atoms with Crippen LogP contribution >= 0.6 is 0 Å². The summed E-state index contributed by atoms with van der Waals surface area (Å²) >= 11 is 0. The Morgan fingerprint density at radius 3 is 2.62 bits per heavy atom. The zero-order chi connectivity index (χ0) is 14.9. The molecule has 1 heteroatoms. The van der Waals surface area contributed by atoms with Crippen LogP contribution in [0.15, 0.2) is 67.8 Å². The van der Waals surface area contributed by atoms with Gasteiger partial charge in [-0.3, -0.25) is 0 Å². The van der Waals surface area contributed by atoms with E-state index in [0.29, 0.717) is 6.61 Å². The van der Waals surface area contributed by atoms with Crippen molar-refractivity contribution in [1.29, 1.82) is 0 Å². The van der Waals surface area contributed by atoms with E-state index in [1.54, 1.807) is 0 Å². The molecule has 1 radical (unpaired) electrons. The molecule has 0 saturated heterocycles. The zero-order valence-corrected chi connectivity index (χ0v) is 12.3. The second-order valence-corrected chi connectivity index (χ2v) is 4.93. The Labute approximate surface area is 127 Å². The van der Waals surface area contributed by atoms with Crippen LogP contribution in [-0.2, 0) is 19.4 Å². The van der Waals surface area contributed by atoms with Crippen molar-refractivity contribution in [2.24, 2.45) is 0 Å². The Hall–Kier alpha value is -2.28. The Bertz CT molecular complexity index is 584. The standard InChI is InChI=1S/C20H21O/c1-3-5-12-18-13-14-20(15-19(18)9-4-2)21-16-17-10-7-6-8-11-17/h3-4,6-8,10-11,14-15H,1-2,5,9,12,16H2. The molecule has 0 fully saturated rings. The molecule has 2 aromatic rings. The van der Waals surface area contributed by atoms with Gasteiger partial charge in [-0.15, -0.1) is 13.2 Å². The first-order valence-corrected chi connectivity index (χ1v) is 7.25. The summed E-state index contributed by atoms with van der Waals surface area (Å²) in [6.45, 7) is 8.18. The van der Waals surface area contributed by atoms with Crippen molar-refractivity contribution in [2.45, 2.75) is 25.9 Å². The SMILES string of the molecule is C=CCCc1[c]cc(OCc2ccccc2)cc1CC=C. The first-order chi connectivity index (χ1) is 10.3. The van der Waals surface area contributed by atoms with Crippen molar-refractivity contribution >= 4 is 0 Å². The average Bonchev–Trinajstić information content (AvgIpc) is 2.53. The highest BCUT2D eigenvalue weighted by molar-refractivity contribution is 5.36. The molecular formula is C20H21O. The van der Waals surface area contributed by atoms with Crippen LogP contribution in [0, 0.1) is 6.07 Å². The third-order valence-corrected chi connectivity index (χ3v) is 3.30. The minimum absolute atomic E-state index is 0.578. The van der Waals surface area contributed by atoms with E-state index in [1.807, 2.05) is 36.4 Å². The van der Waals surface area contributed by atoms with Gasteiger partial charge in [0.1, 0.15) is 12.4 Å². The predicted molar refractivity (Wildman–Crippen MR) is 88.5 cm³/mol. The molecular weight excluding hydrogens is 256 g/mol. The van der Waals surface area contributed by atoms with Crippen LogP contribution in [0.25, 0.3) is 0 Å². The van der Waals surface area contributed by atoms with Crippen LogP contribution in [0.1, 0.15) is 23.1 Å². The van der Waals surface area contributed by atoms with E-state index in [0.717, 1.165) is 25.0 Å². The Kier molecular flexibility index (Phi) is 5.83. The van der Waals surface area contributed by atoms with Crippen LogP contribution < -0.4 is 4.74 Å². The largest absolute Gasteiger partial charge is 0.489 e. The van der Waals surface area contributed by atoms with Gasteiger partial charge in [-0.05, 0) is 54.2 Å². The molecule has 0 N–H and O–H groups in total. The van der Waals surface area contributed by atoms with Crippen LogP contribution in [0.4, 0.5) is 0 Å². The molecule has 0 amide bonds. The molecule has 0 heterocycles. The molecule has 0 atom stereocenters. The lowest BCUT2D eigenvalue weighted by Crippen LogP contribution is -1.98. The minimum atomic E-state index is 0.578. The summed E-state index contributed by atoms with van der Waals surface area (Å²) < 4.78 is 5.85. The van der Waals surface area contributed by atoms with E-state index in [1.165, 1.54) is 16.7 Å². The maximum absolute atomic E-state index is 5.85. The van der Waals surface area contributed by atoms with Gasteiger partial charge in [-0.25, -0.2) is 0 Å². The second-order valence-electron chi connectivity index (χ2n) is 4.93. The fraction of sp³-hybridized carbons (Fsp3) is 0.200. The average molecular weight is 277 g/mol. The van der Waals surface area contributed by atoms with Crippen molar-refractivity contribution in [3.8, 4) is 5.75 Å². The fourth-order valence-corrected chi connectivity index (χ4v) is 2.19. The van der Waals surface area contributed by atoms with Crippen molar-refractivity contribution in [3.63, 3.8) is 0 Å². The summed E-state index contributed by atoms with van der Waals surface area (Å²) in [6.07, 6.45) is 6.62. The molecule has 2 aromatic carbocycles. The van der Waals surface area contributed by atoms with Gasteiger partial charge in [0.15, 0.2) is 0 Å². The minimum Gasteiger partial charge on any atom is -0.489 e. The van der Waals surface area contributed by atoms with Crippen molar-refractivity contribution in [1.82, 2.24) is 0 Å². The summed E-state index contributed by atoms with van der Waals surface area (Å²) in [5.74, 6) is 0.859. The number of aryl methyl sites for hydroxylation is 1. The number of ether oxygens (including phenoxy) is 1. The van der Waals surface area contributed by atoms with E-state index in [2.05, 4.69) is 37.4 Å². The molecule has 0 aliphatic rings. The van der Waals surface area contributed by atoms with Crippen molar-refractivity contribution < 1.29 is 4.74 Å². The van der Waals surface area contributed by atoms with Crippen molar-refractivity contribution in [2.75, 3.05) is 0 Å². The van der Waals surface area contributed by atoms with E-state index >= 15 is 0 Å². The first kappa shape index (κ1) is 15.1. The van der Waals surface area contributed by atoms with Gasteiger partial charge >= 0.3 is 0 Å². The number of hydrogen-bond acceptors (Lipinski definition) is 1. The van der Waals surface area contributed by atoms with Crippen LogP contribution in [0.5, 0.6) is 5.75 Å². The summed E-state index contributed by atoms with van der Waals surface area (Å²) in [5, 5.41) is 0. The third kappa shape index (κ3) is 4.64. The Morgan fingerprint density at radius 1 is 1.10 bits per heavy atom.